The highest BCUT2D eigenvalue weighted by molar-refractivity contribution is 5.74. The van der Waals surface area contributed by atoms with Crippen molar-refractivity contribution in [3.05, 3.63) is 47.5 Å². The SMILES string of the molecule is COc1ccc(-c2cccc(CO)c2C#N)cc1OC. The molecule has 2 aromatic rings. The van der Waals surface area contributed by atoms with Gasteiger partial charge in [0.05, 0.1) is 26.4 Å². The Labute approximate surface area is 117 Å². The summed E-state index contributed by atoms with van der Waals surface area (Å²) < 4.78 is 10.5. The standard InChI is InChI=1S/C16H15NO3/c1-19-15-7-6-11(8-16(15)20-2)13-5-3-4-12(10-18)14(13)9-17/h3-8,18H,10H2,1-2H3. The van der Waals surface area contributed by atoms with Gasteiger partial charge in [-0.2, -0.15) is 5.26 Å². The molecule has 0 aliphatic rings. The molecular formula is C16H15NO3. The molecule has 0 unspecified atom stereocenters. The minimum Gasteiger partial charge on any atom is -0.493 e. The van der Waals surface area contributed by atoms with Crippen LogP contribution in [0.3, 0.4) is 0 Å². The van der Waals surface area contributed by atoms with Crippen LogP contribution in [0.2, 0.25) is 0 Å². The van der Waals surface area contributed by atoms with Gasteiger partial charge in [0.25, 0.3) is 0 Å². The summed E-state index contributed by atoms with van der Waals surface area (Å²) in [4.78, 5) is 0. The fraction of sp³-hybridized carbons (Fsp3) is 0.188. The second-order valence-corrected chi connectivity index (χ2v) is 4.18. The van der Waals surface area contributed by atoms with Crippen molar-refractivity contribution in [2.75, 3.05) is 14.2 Å². The van der Waals surface area contributed by atoms with Gasteiger partial charge in [0.2, 0.25) is 0 Å². The summed E-state index contributed by atoms with van der Waals surface area (Å²) in [5, 5.41) is 18.6. The Morgan fingerprint density at radius 1 is 1.10 bits per heavy atom. The van der Waals surface area contributed by atoms with Crippen LogP contribution in [-0.2, 0) is 6.61 Å². The number of nitrogens with zero attached hydrogens (tertiary/aromatic N) is 1. The molecule has 0 heterocycles. The van der Waals surface area contributed by atoms with Gasteiger partial charge in [-0.1, -0.05) is 24.3 Å². The zero-order valence-corrected chi connectivity index (χ0v) is 11.4. The maximum atomic E-state index is 9.31. The summed E-state index contributed by atoms with van der Waals surface area (Å²) in [5.41, 5.74) is 2.69. The van der Waals surface area contributed by atoms with E-state index in [1.807, 2.05) is 24.3 Å². The number of hydrogen-bond donors (Lipinski definition) is 1. The number of aliphatic hydroxyl groups is 1. The molecule has 0 spiro atoms. The molecule has 0 bridgehead atoms. The van der Waals surface area contributed by atoms with E-state index in [0.29, 0.717) is 22.6 Å². The molecule has 20 heavy (non-hydrogen) atoms. The molecule has 0 saturated carbocycles. The normalized spacial score (nSPS) is 9.90. The third-order valence-corrected chi connectivity index (χ3v) is 3.13. The van der Waals surface area contributed by atoms with Gasteiger partial charge in [0.15, 0.2) is 11.5 Å². The average molecular weight is 269 g/mol. The molecule has 2 aromatic carbocycles. The third-order valence-electron chi connectivity index (χ3n) is 3.13. The van der Waals surface area contributed by atoms with Gasteiger partial charge < -0.3 is 14.6 Å². The second-order valence-electron chi connectivity index (χ2n) is 4.18. The molecule has 102 valence electrons. The van der Waals surface area contributed by atoms with Gasteiger partial charge in [-0.05, 0) is 28.8 Å². The lowest BCUT2D eigenvalue weighted by Crippen LogP contribution is -1.95. The Balaban J connectivity index is 2.60. The molecule has 2 rings (SSSR count). The predicted molar refractivity (Wildman–Crippen MR) is 75.6 cm³/mol. The highest BCUT2D eigenvalue weighted by Gasteiger charge is 2.12. The first-order valence-electron chi connectivity index (χ1n) is 6.10. The topological polar surface area (TPSA) is 62.5 Å². The van der Waals surface area contributed by atoms with Crippen LogP contribution in [0.25, 0.3) is 11.1 Å². The molecule has 4 nitrogen and oxygen atoms in total. The number of nitriles is 1. The predicted octanol–water partition coefficient (Wildman–Crippen LogP) is 2.73. The van der Waals surface area contributed by atoms with Crippen molar-refractivity contribution in [2.45, 2.75) is 6.61 Å². The maximum Gasteiger partial charge on any atom is 0.161 e. The molecule has 0 amide bonds. The van der Waals surface area contributed by atoms with E-state index >= 15 is 0 Å². The first-order valence-corrected chi connectivity index (χ1v) is 6.10. The first-order chi connectivity index (χ1) is 9.74. The van der Waals surface area contributed by atoms with Crippen LogP contribution < -0.4 is 9.47 Å². The molecule has 0 aromatic heterocycles. The summed E-state index contributed by atoms with van der Waals surface area (Å²) in [6.07, 6.45) is 0. The second kappa shape index (κ2) is 6.09. The number of rotatable bonds is 4. The fourth-order valence-corrected chi connectivity index (χ4v) is 2.11. The van der Waals surface area contributed by atoms with Crippen LogP contribution in [0.5, 0.6) is 11.5 Å². The van der Waals surface area contributed by atoms with Crippen LogP contribution >= 0.6 is 0 Å². The van der Waals surface area contributed by atoms with E-state index in [9.17, 15) is 10.4 Å². The van der Waals surface area contributed by atoms with Gasteiger partial charge in [0.1, 0.15) is 6.07 Å². The van der Waals surface area contributed by atoms with E-state index in [1.165, 1.54) is 0 Å². The molecule has 0 aliphatic carbocycles. The van der Waals surface area contributed by atoms with E-state index in [4.69, 9.17) is 9.47 Å². The minimum absolute atomic E-state index is 0.163. The number of ether oxygens (including phenoxy) is 2. The maximum absolute atomic E-state index is 9.31. The van der Waals surface area contributed by atoms with Gasteiger partial charge in [-0.25, -0.2) is 0 Å². The Bertz CT molecular complexity index is 659. The molecule has 0 aliphatic heterocycles. The van der Waals surface area contributed by atoms with Crippen molar-refractivity contribution < 1.29 is 14.6 Å². The smallest absolute Gasteiger partial charge is 0.161 e. The fourth-order valence-electron chi connectivity index (χ4n) is 2.11. The monoisotopic (exact) mass is 269 g/mol. The van der Waals surface area contributed by atoms with Crippen molar-refractivity contribution in [2.24, 2.45) is 0 Å². The third kappa shape index (κ3) is 2.44. The van der Waals surface area contributed by atoms with Gasteiger partial charge in [-0.15, -0.1) is 0 Å². The Kier molecular flexibility index (Phi) is 4.24. The van der Waals surface area contributed by atoms with Crippen molar-refractivity contribution in [3.8, 4) is 28.7 Å². The largest absolute Gasteiger partial charge is 0.493 e. The Morgan fingerprint density at radius 3 is 2.45 bits per heavy atom. The summed E-state index contributed by atoms with van der Waals surface area (Å²) in [5.74, 6) is 1.23. The average Bonchev–Trinajstić information content (AvgIpc) is 2.53. The molecule has 0 atom stereocenters. The van der Waals surface area contributed by atoms with Crippen molar-refractivity contribution in [1.29, 1.82) is 5.26 Å². The van der Waals surface area contributed by atoms with E-state index in [-0.39, 0.29) is 6.61 Å². The lowest BCUT2D eigenvalue weighted by atomic mass is 9.96. The lowest BCUT2D eigenvalue weighted by molar-refractivity contribution is 0.281. The quantitative estimate of drug-likeness (QED) is 0.927. The molecular weight excluding hydrogens is 254 g/mol. The highest BCUT2D eigenvalue weighted by atomic mass is 16.5. The van der Waals surface area contributed by atoms with E-state index in [2.05, 4.69) is 6.07 Å². The zero-order chi connectivity index (χ0) is 14.5. The summed E-state index contributed by atoms with van der Waals surface area (Å²) in [6, 6.07) is 13.0. The number of hydrogen-bond acceptors (Lipinski definition) is 4. The summed E-state index contributed by atoms with van der Waals surface area (Å²) in [7, 11) is 3.14. The highest BCUT2D eigenvalue weighted by Crippen LogP contribution is 2.34. The van der Waals surface area contributed by atoms with Crippen LogP contribution in [-0.4, -0.2) is 19.3 Å². The molecule has 0 fully saturated rings. The van der Waals surface area contributed by atoms with Crippen LogP contribution in [0, 0.1) is 11.3 Å². The van der Waals surface area contributed by atoms with Gasteiger partial charge in [0, 0.05) is 0 Å². The van der Waals surface area contributed by atoms with Gasteiger partial charge >= 0.3 is 0 Å². The summed E-state index contributed by atoms with van der Waals surface area (Å²) in [6.45, 7) is -0.163. The molecule has 0 saturated heterocycles. The van der Waals surface area contributed by atoms with Crippen molar-refractivity contribution in [1.82, 2.24) is 0 Å². The molecule has 4 heteroatoms. The Hall–Kier alpha value is -2.51. The van der Waals surface area contributed by atoms with Gasteiger partial charge in [-0.3, -0.25) is 0 Å². The first kappa shape index (κ1) is 13.9. The molecule has 0 radical (unpaired) electrons. The zero-order valence-electron chi connectivity index (χ0n) is 11.4. The molecule has 1 N–H and O–H groups in total. The van der Waals surface area contributed by atoms with E-state index in [1.54, 1.807) is 26.4 Å². The van der Waals surface area contributed by atoms with Crippen molar-refractivity contribution >= 4 is 0 Å². The van der Waals surface area contributed by atoms with Crippen LogP contribution in [0.4, 0.5) is 0 Å². The number of benzene rings is 2. The van der Waals surface area contributed by atoms with Crippen molar-refractivity contribution in [3.63, 3.8) is 0 Å². The number of methoxy groups -OCH3 is 2. The minimum atomic E-state index is -0.163. The van der Waals surface area contributed by atoms with Crippen LogP contribution in [0.1, 0.15) is 11.1 Å². The lowest BCUT2D eigenvalue weighted by Gasteiger charge is -2.12. The Morgan fingerprint density at radius 2 is 1.85 bits per heavy atom. The van der Waals surface area contributed by atoms with Crippen LogP contribution in [0.15, 0.2) is 36.4 Å². The number of aliphatic hydroxyl groups excluding tert-OH is 1. The van der Waals surface area contributed by atoms with E-state index < -0.39 is 0 Å². The summed E-state index contributed by atoms with van der Waals surface area (Å²) >= 11 is 0. The van der Waals surface area contributed by atoms with E-state index in [0.717, 1.165) is 11.1 Å².